The lowest BCUT2D eigenvalue weighted by molar-refractivity contribution is -0.126. The third kappa shape index (κ3) is 5.42. The van der Waals surface area contributed by atoms with Crippen LogP contribution in [0.1, 0.15) is 24.5 Å². The van der Waals surface area contributed by atoms with Gasteiger partial charge in [0, 0.05) is 45.3 Å². The van der Waals surface area contributed by atoms with Gasteiger partial charge < -0.3 is 15.3 Å². The minimum Gasteiger partial charge on any atom is -0.387 e. The van der Waals surface area contributed by atoms with Crippen LogP contribution in [0.15, 0.2) is 24.3 Å². The van der Waals surface area contributed by atoms with Crippen molar-refractivity contribution < 1.29 is 18.3 Å². The van der Waals surface area contributed by atoms with Crippen LogP contribution in [0.3, 0.4) is 0 Å². The third-order valence-electron chi connectivity index (χ3n) is 4.56. The number of hydrogen-bond donors (Lipinski definition) is 2. The zero-order valence-electron chi connectivity index (χ0n) is 15.0. The van der Waals surface area contributed by atoms with Gasteiger partial charge in [0.25, 0.3) is 0 Å². The molecular weight excluding hydrogens is 342 g/mol. The van der Waals surface area contributed by atoms with Crippen molar-refractivity contribution in [3.63, 3.8) is 0 Å². The Morgan fingerprint density at radius 3 is 2.32 bits per heavy atom. The Labute approximate surface area is 149 Å². The molecule has 1 aromatic carbocycles. The predicted molar refractivity (Wildman–Crippen MR) is 97.9 cm³/mol. The Hall–Kier alpha value is -1.64. The van der Waals surface area contributed by atoms with Crippen LogP contribution in [0.25, 0.3) is 0 Å². The minimum absolute atomic E-state index is 0.128. The number of aliphatic hydroxyl groups is 1. The summed E-state index contributed by atoms with van der Waals surface area (Å²) in [4.78, 5) is 14.2. The van der Waals surface area contributed by atoms with E-state index >= 15 is 0 Å². The van der Waals surface area contributed by atoms with Gasteiger partial charge in [0.05, 0.1) is 12.4 Å². The Balaban J connectivity index is 1.81. The number of anilines is 1. The molecule has 0 bridgehead atoms. The normalized spacial score (nSPS) is 17.9. The molecule has 1 aliphatic heterocycles. The highest BCUT2D eigenvalue weighted by molar-refractivity contribution is 7.88. The number of amides is 1. The van der Waals surface area contributed by atoms with Crippen molar-refractivity contribution in [1.82, 2.24) is 9.62 Å². The molecular formula is C17H27N3O4S. The van der Waals surface area contributed by atoms with E-state index in [0.29, 0.717) is 25.9 Å². The number of carbonyl (C=O) groups excluding carboxylic acids is 1. The van der Waals surface area contributed by atoms with Gasteiger partial charge in [0.1, 0.15) is 0 Å². The van der Waals surface area contributed by atoms with Crippen LogP contribution in [0.2, 0.25) is 0 Å². The second kappa shape index (κ2) is 8.16. The number of piperidine rings is 1. The number of hydrogen-bond acceptors (Lipinski definition) is 5. The van der Waals surface area contributed by atoms with E-state index in [-0.39, 0.29) is 18.4 Å². The van der Waals surface area contributed by atoms with Crippen molar-refractivity contribution in [3.05, 3.63) is 29.8 Å². The number of nitrogens with one attached hydrogen (secondary N) is 1. The lowest BCUT2D eigenvalue weighted by atomic mass is 9.97. The van der Waals surface area contributed by atoms with Crippen LogP contribution in [0, 0.1) is 5.92 Å². The maximum Gasteiger partial charge on any atom is 0.223 e. The summed E-state index contributed by atoms with van der Waals surface area (Å²) in [5.41, 5.74) is 1.79. The third-order valence-corrected chi connectivity index (χ3v) is 5.86. The Bertz CT molecular complexity index is 680. The van der Waals surface area contributed by atoms with Gasteiger partial charge in [-0.15, -0.1) is 0 Å². The predicted octanol–water partition coefficient (Wildman–Crippen LogP) is 0.574. The number of benzene rings is 1. The standard InChI is InChI=1S/C17H27N3O4S/c1-19(2)15-6-4-13(5-7-15)16(21)12-18-17(22)14-8-10-20(11-9-14)25(3,23)24/h4-7,14,16,21H,8-12H2,1-3H3,(H,18,22). The summed E-state index contributed by atoms with van der Waals surface area (Å²) in [7, 11) is 0.702. The molecule has 1 atom stereocenters. The first-order chi connectivity index (χ1) is 11.7. The molecule has 0 radical (unpaired) electrons. The number of rotatable bonds is 6. The molecule has 0 spiro atoms. The number of nitrogens with zero attached hydrogens (tertiary/aromatic N) is 2. The number of carbonyl (C=O) groups is 1. The maximum absolute atomic E-state index is 12.2. The summed E-state index contributed by atoms with van der Waals surface area (Å²) in [5, 5.41) is 13.0. The highest BCUT2D eigenvalue weighted by atomic mass is 32.2. The highest BCUT2D eigenvalue weighted by Crippen LogP contribution is 2.20. The summed E-state index contributed by atoms with van der Waals surface area (Å²) < 4.78 is 24.4. The van der Waals surface area contributed by atoms with Crippen LogP contribution in [0.5, 0.6) is 0 Å². The average Bonchev–Trinajstić information content (AvgIpc) is 2.58. The fourth-order valence-electron chi connectivity index (χ4n) is 2.90. The molecule has 25 heavy (non-hydrogen) atoms. The van der Waals surface area contributed by atoms with E-state index in [2.05, 4.69) is 5.32 Å². The monoisotopic (exact) mass is 369 g/mol. The van der Waals surface area contributed by atoms with E-state index in [1.54, 1.807) is 0 Å². The van der Waals surface area contributed by atoms with E-state index in [0.717, 1.165) is 11.3 Å². The van der Waals surface area contributed by atoms with Gasteiger partial charge in [0.15, 0.2) is 0 Å². The minimum atomic E-state index is -3.19. The van der Waals surface area contributed by atoms with Crippen molar-refractivity contribution in [3.8, 4) is 0 Å². The topological polar surface area (TPSA) is 89.9 Å². The SMILES string of the molecule is CN(C)c1ccc(C(O)CNC(=O)C2CCN(S(C)(=O)=O)CC2)cc1. The first-order valence-electron chi connectivity index (χ1n) is 8.36. The quantitative estimate of drug-likeness (QED) is 0.765. The maximum atomic E-state index is 12.2. The summed E-state index contributed by atoms with van der Waals surface area (Å²) in [6.07, 6.45) is 1.43. The van der Waals surface area contributed by atoms with Crippen molar-refractivity contribution >= 4 is 21.6 Å². The van der Waals surface area contributed by atoms with Crippen molar-refractivity contribution in [2.75, 3.05) is 44.9 Å². The van der Waals surface area contributed by atoms with E-state index in [1.165, 1.54) is 10.6 Å². The largest absolute Gasteiger partial charge is 0.387 e. The smallest absolute Gasteiger partial charge is 0.223 e. The first-order valence-corrected chi connectivity index (χ1v) is 10.2. The van der Waals surface area contributed by atoms with Crippen LogP contribution in [0.4, 0.5) is 5.69 Å². The second-order valence-corrected chi connectivity index (χ2v) is 8.67. The molecule has 1 aromatic rings. The van der Waals surface area contributed by atoms with E-state index in [9.17, 15) is 18.3 Å². The van der Waals surface area contributed by atoms with Gasteiger partial charge in [-0.1, -0.05) is 12.1 Å². The van der Waals surface area contributed by atoms with Crippen molar-refractivity contribution in [2.45, 2.75) is 18.9 Å². The molecule has 0 aromatic heterocycles. The fraction of sp³-hybridized carbons (Fsp3) is 0.588. The summed E-state index contributed by atoms with van der Waals surface area (Å²) >= 11 is 0. The van der Waals surface area contributed by atoms with Gasteiger partial charge in [0.2, 0.25) is 15.9 Å². The van der Waals surface area contributed by atoms with Crippen molar-refractivity contribution in [2.24, 2.45) is 5.92 Å². The Kier molecular flexibility index (Phi) is 6.42. The first kappa shape index (κ1) is 19.7. The van der Waals surface area contributed by atoms with E-state index in [1.807, 2.05) is 43.3 Å². The van der Waals surface area contributed by atoms with Crippen LogP contribution >= 0.6 is 0 Å². The lowest BCUT2D eigenvalue weighted by Gasteiger charge is -2.29. The number of sulfonamides is 1. The van der Waals surface area contributed by atoms with Crippen LogP contribution in [-0.4, -0.2) is 63.7 Å². The second-order valence-electron chi connectivity index (χ2n) is 6.68. The number of aliphatic hydroxyl groups excluding tert-OH is 1. The molecule has 1 amide bonds. The van der Waals surface area contributed by atoms with Gasteiger partial charge in [-0.2, -0.15) is 0 Å². The van der Waals surface area contributed by atoms with Gasteiger partial charge >= 0.3 is 0 Å². The van der Waals surface area contributed by atoms with Crippen LogP contribution in [-0.2, 0) is 14.8 Å². The van der Waals surface area contributed by atoms with Crippen LogP contribution < -0.4 is 10.2 Å². The van der Waals surface area contributed by atoms with Gasteiger partial charge in [-0.3, -0.25) is 4.79 Å². The molecule has 2 N–H and O–H groups in total. The Morgan fingerprint density at radius 1 is 1.28 bits per heavy atom. The zero-order chi connectivity index (χ0) is 18.6. The lowest BCUT2D eigenvalue weighted by Crippen LogP contribution is -2.43. The highest BCUT2D eigenvalue weighted by Gasteiger charge is 2.29. The molecule has 1 fully saturated rings. The van der Waals surface area contributed by atoms with Gasteiger partial charge in [-0.05, 0) is 30.5 Å². The molecule has 1 saturated heterocycles. The van der Waals surface area contributed by atoms with E-state index < -0.39 is 16.1 Å². The molecule has 1 aliphatic rings. The van der Waals surface area contributed by atoms with E-state index in [4.69, 9.17) is 0 Å². The summed E-state index contributed by atoms with van der Waals surface area (Å²) in [6, 6.07) is 7.52. The Morgan fingerprint density at radius 2 is 1.84 bits per heavy atom. The van der Waals surface area contributed by atoms with Crippen molar-refractivity contribution in [1.29, 1.82) is 0 Å². The summed E-state index contributed by atoms with van der Waals surface area (Å²) in [6.45, 7) is 0.878. The molecule has 7 nitrogen and oxygen atoms in total. The molecule has 0 aliphatic carbocycles. The summed E-state index contributed by atoms with van der Waals surface area (Å²) in [5.74, 6) is -0.335. The fourth-order valence-corrected chi connectivity index (χ4v) is 3.78. The molecule has 1 heterocycles. The molecule has 0 saturated carbocycles. The zero-order valence-corrected chi connectivity index (χ0v) is 15.8. The molecule has 1 unspecified atom stereocenters. The molecule has 8 heteroatoms. The molecule has 2 rings (SSSR count). The van der Waals surface area contributed by atoms with Gasteiger partial charge in [-0.25, -0.2) is 12.7 Å². The average molecular weight is 369 g/mol. The molecule has 140 valence electrons.